The highest BCUT2D eigenvalue weighted by Gasteiger charge is 2.26. The van der Waals surface area contributed by atoms with Crippen molar-refractivity contribution in [3.05, 3.63) is 22.9 Å². The van der Waals surface area contributed by atoms with E-state index in [1.807, 2.05) is 0 Å². The number of nitrogens with zero attached hydrogens (tertiary/aromatic N) is 2. The third-order valence-corrected chi connectivity index (χ3v) is 4.46. The second kappa shape index (κ2) is 5.72. The van der Waals surface area contributed by atoms with Gasteiger partial charge in [0.25, 0.3) is 0 Å². The van der Waals surface area contributed by atoms with E-state index in [1.54, 1.807) is 0 Å². The third kappa shape index (κ3) is 3.32. The lowest BCUT2D eigenvalue weighted by atomic mass is 10.1. The molecule has 3 rings (SSSR count). The van der Waals surface area contributed by atoms with Gasteiger partial charge in [-0.3, -0.25) is 0 Å². The van der Waals surface area contributed by atoms with Gasteiger partial charge in [-0.25, -0.2) is 4.98 Å². The summed E-state index contributed by atoms with van der Waals surface area (Å²) in [6, 6.07) is 2.97. The van der Waals surface area contributed by atoms with E-state index >= 15 is 0 Å². The van der Waals surface area contributed by atoms with Crippen LogP contribution in [0.3, 0.4) is 0 Å². The average molecular weight is 273 g/mol. The Bertz CT molecular complexity index is 475. The SMILES string of the molecule is CCN(CC1CC1)c1nc(C)cc(C)c1CNC1CC1. The van der Waals surface area contributed by atoms with Crippen LogP contribution in [0.1, 0.15) is 49.4 Å². The highest BCUT2D eigenvalue weighted by Crippen LogP contribution is 2.32. The first-order chi connectivity index (χ1) is 9.67. The van der Waals surface area contributed by atoms with E-state index in [0.717, 1.165) is 30.7 Å². The number of anilines is 1. The maximum Gasteiger partial charge on any atom is 0.133 e. The van der Waals surface area contributed by atoms with Crippen LogP contribution in [0.2, 0.25) is 0 Å². The Labute approximate surface area is 122 Å². The van der Waals surface area contributed by atoms with E-state index in [9.17, 15) is 0 Å². The molecule has 2 saturated carbocycles. The number of hydrogen-bond donors (Lipinski definition) is 1. The average Bonchev–Trinajstić information content (AvgIpc) is 3.28. The Morgan fingerprint density at radius 1 is 1.25 bits per heavy atom. The van der Waals surface area contributed by atoms with Gasteiger partial charge in [-0.2, -0.15) is 0 Å². The molecule has 0 amide bonds. The standard InChI is InChI=1S/C17H27N3/c1-4-20(11-14-5-6-14)17-16(10-18-15-7-8-15)12(2)9-13(3)19-17/h9,14-15,18H,4-8,10-11H2,1-3H3. The molecule has 0 aromatic carbocycles. The molecule has 2 fully saturated rings. The van der Waals surface area contributed by atoms with Gasteiger partial charge in [0.2, 0.25) is 0 Å². The van der Waals surface area contributed by atoms with Gasteiger partial charge in [0.15, 0.2) is 0 Å². The lowest BCUT2D eigenvalue weighted by Gasteiger charge is -2.26. The molecule has 3 nitrogen and oxygen atoms in total. The van der Waals surface area contributed by atoms with Gasteiger partial charge in [0, 0.05) is 36.9 Å². The van der Waals surface area contributed by atoms with E-state index in [4.69, 9.17) is 4.98 Å². The topological polar surface area (TPSA) is 28.2 Å². The fraction of sp³-hybridized carbons (Fsp3) is 0.706. The minimum atomic E-state index is 0.752. The van der Waals surface area contributed by atoms with Crippen molar-refractivity contribution in [1.82, 2.24) is 10.3 Å². The summed E-state index contributed by atoms with van der Waals surface area (Å²) >= 11 is 0. The predicted molar refractivity (Wildman–Crippen MR) is 84.2 cm³/mol. The zero-order valence-corrected chi connectivity index (χ0v) is 13.1. The van der Waals surface area contributed by atoms with E-state index in [2.05, 4.69) is 37.1 Å². The monoisotopic (exact) mass is 273 g/mol. The number of hydrogen-bond acceptors (Lipinski definition) is 3. The van der Waals surface area contributed by atoms with E-state index in [-0.39, 0.29) is 0 Å². The van der Waals surface area contributed by atoms with Gasteiger partial charge >= 0.3 is 0 Å². The highest BCUT2D eigenvalue weighted by molar-refractivity contribution is 5.52. The van der Waals surface area contributed by atoms with Gasteiger partial charge in [-0.1, -0.05) is 0 Å². The van der Waals surface area contributed by atoms with Crippen molar-refractivity contribution >= 4 is 5.82 Å². The molecule has 0 bridgehead atoms. The lowest BCUT2D eigenvalue weighted by Crippen LogP contribution is -2.29. The summed E-state index contributed by atoms with van der Waals surface area (Å²) in [5, 5.41) is 3.65. The van der Waals surface area contributed by atoms with Crippen LogP contribution < -0.4 is 10.2 Å². The molecule has 3 heteroatoms. The minimum Gasteiger partial charge on any atom is -0.356 e. The van der Waals surface area contributed by atoms with Crippen LogP contribution in [0.5, 0.6) is 0 Å². The first-order valence-corrected chi connectivity index (χ1v) is 8.12. The van der Waals surface area contributed by atoms with Gasteiger partial charge in [0.05, 0.1) is 0 Å². The van der Waals surface area contributed by atoms with Crippen molar-refractivity contribution < 1.29 is 0 Å². The Hall–Kier alpha value is -1.09. The molecular formula is C17H27N3. The summed E-state index contributed by atoms with van der Waals surface area (Å²) in [5.74, 6) is 2.13. The largest absolute Gasteiger partial charge is 0.356 e. The molecule has 0 spiro atoms. The molecule has 110 valence electrons. The number of nitrogens with one attached hydrogen (secondary N) is 1. The highest BCUT2D eigenvalue weighted by atomic mass is 15.2. The first kappa shape index (κ1) is 13.9. The van der Waals surface area contributed by atoms with Crippen LogP contribution in [0.4, 0.5) is 5.82 Å². The second-order valence-electron chi connectivity index (χ2n) is 6.52. The molecule has 0 radical (unpaired) electrons. The molecule has 0 unspecified atom stereocenters. The lowest BCUT2D eigenvalue weighted by molar-refractivity contribution is 0.669. The van der Waals surface area contributed by atoms with Crippen LogP contribution in [-0.2, 0) is 6.54 Å². The smallest absolute Gasteiger partial charge is 0.133 e. The van der Waals surface area contributed by atoms with Crippen LogP contribution in [-0.4, -0.2) is 24.1 Å². The van der Waals surface area contributed by atoms with Gasteiger partial charge in [0.1, 0.15) is 5.82 Å². The molecular weight excluding hydrogens is 246 g/mol. The first-order valence-electron chi connectivity index (χ1n) is 8.12. The quantitative estimate of drug-likeness (QED) is 0.827. The van der Waals surface area contributed by atoms with E-state index < -0.39 is 0 Å². The second-order valence-corrected chi connectivity index (χ2v) is 6.52. The van der Waals surface area contributed by atoms with Crippen LogP contribution in [0, 0.1) is 19.8 Å². The Morgan fingerprint density at radius 3 is 2.60 bits per heavy atom. The van der Waals surface area contributed by atoms with Crippen molar-refractivity contribution in [2.75, 3.05) is 18.0 Å². The van der Waals surface area contributed by atoms with Crippen LogP contribution in [0.25, 0.3) is 0 Å². The molecule has 0 saturated heterocycles. The molecule has 20 heavy (non-hydrogen) atoms. The van der Waals surface area contributed by atoms with Crippen molar-refractivity contribution in [3.63, 3.8) is 0 Å². The number of rotatable bonds is 7. The summed E-state index contributed by atoms with van der Waals surface area (Å²) in [4.78, 5) is 7.36. The number of aryl methyl sites for hydroxylation is 2. The molecule has 2 aliphatic carbocycles. The molecule has 0 aliphatic heterocycles. The Kier molecular flexibility index (Phi) is 3.97. The molecule has 1 aromatic rings. The van der Waals surface area contributed by atoms with Crippen molar-refractivity contribution in [2.45, 2.75) is 59.0 Å². The van der Waals surface area contributed by atoms with E-state index in [0.29, 0.717) is 0 Å². The van der Waals surface area contributed by atoms with Gasteiger partial charge in [-0.05, 0) is 64.0 Å². The number of pyridine rings is 1. The third-order valence-electron chi connectivity index (χ3n) is 4.46. The van der Waals surface area contributed by atoms with Crippen molar-refractivity contribution in [1.29, 1.82) is 0 Å². The van der Waals surface area contributed by atoms with Gasteiger partial charge in [-0.15, -0.1) is 0 Å². The molecule has 1 aromatic heterocycles. The van der Waals surface area contributed by atoms with E-state index in [1.165, 1.54) is 49.2 Å². The molecule has 1 heterocycles. The Morgan fingerprint density at radius 2 is 2.00 bits per heavy atom. The minimum absolute atomic E-state index is 0.752. The predicted octanol–water partition coefficient (Wildman–Crippen LogP) is 3.19. The summed E-state index contributed by atoms with van der Waals surface area (Å²) in [7, 11) is 0. The molecule has 1 N–H and O–H groups in total. The maximum absolute atomic E-state index is 4.87. The number of aromatic nitrogens is 1. The van der Waals surface area contributed by atoms with Gasteiger partial charge < -0.3 is 10.2 Å². The van der Waals surface area contributed by atoms with Crippen molar-refractivity contribution in [3.8, 4) is 0 Å². The van der Waals surface area contributed by atoms with Crippen LogP contribution in [0.15, 0.2) is 6.07 Å². The molecule has 0 atom stereocenters. The normalized spacial score (nSPS) is 18.4. The fourth-order valence-electron chi connectivity index (χ4n) is 2.83. The van der Waals surface area contributed by atoms with Crippen LogP contribution >= 0.6 is 0 Å². The van der Waals surface area contributed by atoms with Crippen molar-refractivity contribution in [2.24, 2.45) is 5.92 Å². The summed E-state index contributed by atoms with van der Waals surface area (Å²) in [5.41, 5.74) is 3.93. The fourth-order valence-corrected chi connectivity index (χ4v) is 2.83. The zero-order chi connectivity index (χ0) is 14.1. The zero-order valence-electron chi connectivity index (χ0n) is 13.1. The Balaban J connectivity index is 1.83. The summed E-state index contributed by atoms with van der Waals surface area (Å²) < 4.78 is 0. The summed E-state index contributed by atoms with van der Waals surface area (Å²) in [6.45, 7) is 9.80. The molecule has 2 aliphatic rings. The maximum atomic E-state index is 4.87. The summed E-state index contributed by atoms with van der Waals surface area (Å²) in [6.07, 6.45) is 5.48.